The van der Waals surface area contributed by atoms with Gasteiger partial charge in [-0.15, -0.1) is 6.58 Å². The molecule has 1 atom stereocenters. The molecule has 0 radical (unpaired) electrons. The maximum Gasteiger partial charge on any atom is 0.0842 e. The second-order valence-corrected chi connectivity index (χ2v) is 6.32. The Balaban J connectivity index is 4.43. The Hall–Kier alpha value is -1.15. The molecule has 0 bridgehead atoms. The highest BCUT2D eigenvalue weighted by molar-refractivity contribution is 5.72. The lowest BCUT2D eigenvalue weighted by molar-refractivity contribution is -0.0985. The van der Waals surface area contributed by atoms with Crippen molar-refractivity contribution in [2.75, 3.05) is 0 Å². The van der Waals surface area contributed by atoms with E-state index in [2.05, 4.69) is 45.8 Å². The van der Waals surface area contributed by atoms with Gasteiger partial charge in [0, 0.05) is 11.9 Å². The zero-order valence-electron chi connectivity index (χ0n) is 13.4. The zero-order chi connectivity index (χ0) is 15.1. The van der Waals surface area contributed by atoms with Crippen molar-refractivity contribution in [2.45, 2.75) is 65.6 Å². The van der Waals surface area contributed by atoms with Crippen LogP contribution in [0.15, 0.2) is 41.6 Å². The van der Waals surface area contributed by atoms with Gasteiger partial charge in [-0.05, 0) is 60.5 Å². The Morgan fingerprint density at radius 3 is 2.21 bits per heavy atom. The van der Waals surface area contributed by atoms with E-state index in [-0.39, 0.29) is 11.2 Å². The van der Waals surface area contributed by atoms with Crippen LogP contribution in [-0.2, 0) is 4.74 Å². The van der Waals surface area contributed by atoms with Crippen molar-refractivity contribution in [2.24, 2.45) is 4.99 Å². The van der Waals surface area contributed by atoms with Gasteiger partial charge >= 0.3 is 0 Å². The van der Waals surface area contributed by atoms with Gasteiger partial charge in [0.15, 0.2) is 0 Å². The molecule has 0 aromatic rings. The normalized spacial score (nSPS) is 15.1. The third kappa shape index (κ3) is 9.43. The topological polar surface area (TPSA) is 21.6 Å². The maximum absolute atomic E-state index is 6.04. The summed E-state index contributed by atoms with van der Waals surface area (Å²) >= 11 is 0. The van der Waals surface area contributed by atoms with E-state index >= 15 is 0 Å². The molecule has 0 N–H and O–H groups in total. The van der Waals surface area contributed by atoms with Crippen molar-refractivity contribution in [1.29, 1.82) is 0 Å². The molecule has 2 nitrogen and oxygen atoms in total. The number of rotatable bonds is 7. The summed E-state index contributed by atoms with van der Waals surface area (Å²) in [5.74, 6) is 0. The predicted molar refractivity (Wildman–Crippen MR) is 85.7 cm³/mol. The van der Waals surface area contributed by atoms with Gasteiger partial charge in [0.2, 0.25) is 0 Å². The lowest BCUT2D eigenvalue weighted by atomic mass is 9.97. The lowest BCUT2D eigenvalue weighted by Crippen LogP contribution is -2.35. The van der Waals surface area contributed by atoms with Gasteiger partial charge < -0.3 is 4.74 Å². The largest absolute Gasteiger partial charge is 0.366 e. The van der Waals surface area contributed by atoms with Gasteiger partial charge in [0.25, 0.3) is 0 Å². The highest BCUT2D eigenvalue weighted by Gasteiger charge is 2.27. The Morgan fingerprint density at radius 2 is 1.79 bits per heavy atom. The molecule has 0 amide bonds. The van der Waals surface area contributed by atoms with Crippen LogP contribution in [0.4, 0.5) is 0 Å². The van der Waals surface area contributed by atoms with Crippen LogP contribution in [0, 0.1) is 0 Å². The number of nitrogens with zero attached hydrogens (tertiary/aromatic N) is 1. The molecule has 19 heavy (non-hydrogen) atoms. The number of hydrogen-bond donors (Lipinski definition) is 0. The second-order valence-electron chi connectivity index (χ2n) is 6.32. The molecule has 0 aromatic heterocycles. The molecule has 0 rings (SSSR count). The molecule has 0 aromatic carbocycles. The van der Waals surface area contributed by atoms with Crippen LogP contribution in [0.3, 0.4) is 0 Å². The van der Waals surface area contributed by atoms with E-state index < -0.39 is 0 Å². The third-order valence-electron chi connectivity index (χ3n) is 2.55. The molecule has 0 fully saturated rings. The Morgan fingerprint density at radius 1 is 1.21 bits per heavy atom. The average Bonchev–Trinajstić information content (AvgIpc) is 2.24. The summed E-state index contributed by atoms with van der Waals surface area (Å²) in [4.78, 5) is 4.31. The number of hydrogen-bond acceptors (Lipinski definition) is 2. The summed E-state index contributed by atoms with van der Waals surface area (Å²) in [6.07, 6.45) is 7.27. The van der Waals surface area contributed by atoms with Crippen LogP contribution in [0.25, 0.3) is 0 Å². The van der Waals surface area contributed by atoms with Crippen molar-refractivity contribution >= 4 is 6.21 Å². The fourth-order valence-electron chi connectivity index (χ4n) is 1.64. The summed E-state index contributed by atoms with van der Waals surface area (Å²) in [7, 11) is 0. The van der Waals surface area contributed by atoms with Gasteiger partial charge in [-0.2, -0.15) is 0 Å². The minimum atomic E-state index is -0.340. The lowest BCUT2D eigenvalue weighted by Gasteiger charge is -2.34. The van der Waals surface area contributed by atoms with Gasteiger partial charge in [0.1, 0.15) is 0 Å². The Labute approximate surface area is 119 Å². The first-order valence-electron chi connectivity index (χ1n) is 6.77. The van der Waals surface area contributed by atoms with Crippen LogP contribution in [0.1, 0.15) is 54.4 Å². The monoisotopic (exact) mass is 263 g/mol. The molecule has 2 heteroatoms. The van der Waals surface area contributed by atoms with Crippen molar-refractivity contribution in [1.82, 2.24) is 0 Å². The minimum Gasteiger partial charge on any atom is -0.366 e. The van der Waals surface area contributed by atoms with Gasteiger partial charge in [0.05, 0.1) is 11.2 Å². The Kier molecular flexibility index (Phi) is 6.99. The quantitative estimate of drug-likeness (QED) is 0.464. The molecule has 0 saturated heterocycles. The molecular formula is C17H29NO. The van der Waals surface area contributed by atoms with E-state index in [1.807, 2.05) is 26.0 Å². The van der Waals surface area contributed by atoms with Crippen LogP contribution in [0.5, 0.6) is 0 Å². The first-order valence-corrected chi connectivity index (χ1v) is 6.77. The van der Waals surface area contributed by atoms with E-state index in [9.17, 15) is 0 Å². The smallest absolute Gasteiger partial charge is 0.0842 e. The molecule has 0 heterocycles. The van der Waals surface area contributed by atoms with Crippen molar-refractivity contribution < 1.29 is 4.74 Å². The van der Waals surface area contributed by atoms with Crippen LogP contribution >= 0.6 is 0 Å². The van der Waals surface area contributed by atoms with E-state index in [0.29, 0.717) is 0 Å². The molecule has 0 aliphatic heterocycles. The number of aliphatic imine (C=N–C) groups is 1. The minimum absolute atomic E-state index is 0.185. The molecule has 1 unspecified atom stereocenters. The standard InChI is InChI=1S/C17H29NO/c1-9-17(8,19-16(5,6)7)12-10-15(4)18-13-11-14(2)3/h9,11,13H,1,4,10,12H2,2-3,5-8H3. The van der Waals surface area contributed by atoms with Crippen LogP contribution < -0.4 is 0 Å². The fraction of sp³-hybridized carbons (Fsp3) is 0.588. The number of allylic oxidation sites excluding steroid dienone is 3. The van der Waals surface area contributed by atoms with Gasteiger partial charge in [-0.25, -0.2) is 0 Å². The second kappa shape index (κ2) is 7.44. The van der Waals surface area contributed by atoms with Crippen molar-refractivity contribution in [3.05, 3.63) is 36.6 Å². The first kappa shape index (κ1) is 17.8. The molecule has 0 aliphatic carbocycles. The molecule has 0 saturated carbocycles. The van der Waals surface area contributed by atoms with Crippen molar-refractivity contribution in [3.63, 3.8) is 0 Å². The van der Waals surface area contributed by atoms with E-state index in [1.54, 1.807) is 6.21 Å². The van der Waals surface area contributed by atoms with E-state index in [1.165, 1.54) is 5.57 Å². The van der Waals surface area contributed by atoms with Gasteiger partial charge in [-0.1, -0.05) is 18.2 Å². The summed E-state index contributed by atoms with van der Waals surface area (Å²) in [5, 5.41) is 0. The predicted octanol–water partition coefficient (Wildman–Crippen LogP) is 5.08. The highest BCUT2D eigenvalue weighted by Crippen LogP contribution is 2.27. The molecular weight excluding hydrogens is 234 g/mol. The van der Waals surface area contributed by atoms with Crippen LogP contribution in [-0.4, -0.2) is 17.4 Å². The zero-order valence-corrected chi connectivity index (χ0v) is 13.4. The fourth-order valence-corrected chi connectivity index (χ4v) is 1.64. The summed E-state index contributed by atoms with van der Waals surface area (Å²) < 4.78 is 6.04. The summed E-state index contributed by atoms with van der Waals surface area (Å²) in [5.41, 5.74) is 1.56. The summed E-state index contributed by atoms with van der Waals surface area (Å²) in [6.45, 7) is 20.1. The first-order chi connectivity index (χ1) is 8.58. The van der Waals surface area contributed by atoms with E-state index in [0.717, 1.165) is 18.5 Å². The maximum atomic E-state index is 6.04. The molecule has 0 spiro atoms. The van der Waals surface area contributed by atoms with Gasteiger partial charge in [-0.3, -0.25) is 4.99 Å². The SMILES string of the molecule is C=CC(C)(CCC(=C)N=CC=C(C)C)OC(C)(C)C. The molecule has 108 valence electrons. The van der Waals surface area contributed by atoms with E-state index in [4.69, 9.17) is 4.74 Å². The average molecular weight is 263 g/mol. The number of ether oxygens (including phenoxy) is 1. The third-order valence-corrected chi connectivity index (χ3v) is 2.55. The molecule has 0 aliphatic rings. The van der Waals surface area contributed by atoms with Crippen molar-refractivity contribution in [3.8, 4) is 0 Å². The highest BCUT2D eigenvalue weighted by atomic mass is 16.5. The van der Waals surface area contributed by atoms with Crippen LogP contribution in [0.2, 0.25) is 0 Å². The summed E-state index contributed by atoms with van der Waals surface area (Å²) in [6, 6.07) is 0. The Bertz CT molecular complexity index is 367.